The third kappa shape index (κ3) is 3.46. The minimum atomic E-state index is -0.205. The van der Waals surface area contributed by atoms with Crippen LogP contribution in [0.25, 0.3) is 0 Å². The van der Waals surface area contributed by atoms with Crippen LogP contribution in [0, 0.1) is 20.8 Å². The van der Waals surface area contributed by atoms with Gasteiger partial charge in [-0.05, 0) is 64.2 Å². The fraction of sp³-hybridized carbons (Fsp3) is 0.421. The van der Waals surface area contributed by atoms with Gasteiger partial charge in [-0.25, -0.2) is 9.97 Å². The summed E-state index contributed by atoms with van der Waals surface area (Å²) in [4.78, 5) is 21.7. The van der Waals surface area contributed by atoms with Gasteiger partial charge in [0, 0.05) is 16.9 Å². The van der Waals surface area contributed by atoms with E-state index in [2.05, 4.69) is 28.3 Å². The van der Waals surface area contributed by atoms with Crippen molar-refractivity contribution in [3.05, 3.63) is 46.4 Å². The van der Waals surface area contributed by atoms with E-state index in [1.54, 1.807) is 0 Å². The summed E-state index contributed by atoms with van der Waals surface area (Å²) >= 11 is 1.54. The van der Waals surface area contributed by atoms with Gasteiger partial charge in [0.2, 0.25) is 5.91 Å². The second-order valence-electron chi connectivity index (χ2n) is 6.35. The molecule has 1 N–H and O–H groups in total. The Kier molecular flexibility index (Phi) is 4.90. The Morgan fingerprint density at radius 1 is 1.21 bits per heavy atom. The Balaban J connectivity index is 1.74. The highest BCUT2D eigenvalue weighted by Gasteiger charge is 2.23. The minimum Gasteiger partial charge on any atom is -0.325 e. The lowest BCUT2D eigenvalue weighted by Gasteiger charge is -2.15. The van der Waals surface area contributed by atoms with E-state index in [4.69, 9.17) is 0 Å². The SMILES string of the molecule is Cc1nc2c(c(S[C@@H](C)C(=O)Nc3cccc(C)c3C)n1)CCC2. The van der Waals surface area contributed by atoms with Gasteiger partial charge in [-0.3, -0.25) is 4.79 Å². The molecule has 0 bridgehead atoms. The van der Waals surface area contributed by atoms with Crippen LogP contribution in [0.3, 0.4) is 0 Å². The molecule has 1 aromatic heterocycles. The topological polar surface area (TPSA) is 54.9 Å². The van der Waals surface area contributed by atoms with Crippen molar-refractivity contribution in [3.8, 4) is 0 Å². The summed E-state index contributed by atoms with van der Waals surface area (Å²) in [7, 11) is 0. The lowest BCUT2D eigenvalue weighted by molar-refractivity contribution is -0.115. The van der Waals surface area contributed by atoms with Crippen LogP contribution in [-0.4, -0.2) is 21.1 Å². The van der Waals surface area contributed by atoms with Crippen molar-refractivity contribution in [2.75, 3.05) is 5.32 Å². The molecule has 0 radical (unpaired) electrons. The number of anilines is 1. The number of aromatic nitrogens is 2. The maximum absolute atomic E-state index is 12.6. The van der Waals surface area contributed by atoms with Gasteiger partial charge in [0.25, 0.3) is 0 Å². The molecule has 1 aliphatic carbocycles. The molecular formula is C19H23N3OS. The third-order valence-corrected chi connectivity index (χ3v) is 5.66. The smallest absolute Gasteiger partial charge is 0.237 e. The monoisotopic (exact) mass is 341 g/mol. The highest BCUT2D eigenvalue weighted by molar-refractivity contribution is 8.00. The van der Waals surface area contributed by atoms with E-state index in [1.807, 2.05) is 32.9 Å². The van der Waals surface area contributed by atoms with Crippen molar-refractivity contribution in [2.24, 2.45) is 0 Å². The van der Waals surface area contributed by atoms with Crippen molar-refractivity contribution in [1.82, 2.24) is 9.97 Å². The van der Waals surface area contributed by atoms with E-state index in [1.165, 1.54) is 22.9 Å². The fourth-order valence-corrected chi connectivity index (χ4v) is 4.00. The zero-order valence-electron chi connectivity index (χ0n) is 14.6. The van der Waals surface area contributed by atoms with Crippen LogP contribution in [0.4, 0.5) is 5.69 Å². The number of nitrogens with zero attached hydrogens (tertiary/aromatic N) is 2. The van der Waals surface area contributed by atoms with Crippen LogP contribution < -0.4 is 5.32 Å². The molecule has 1 aliphatic rings. The molecule has 2 aromatic rings. The summed E-state index contributed by atoms with van der Waals surface area (Å²) < 4.78 is 0. The summed E-state index contributed by atoms with van der Waals surface area (Å²) in [5.41, 5.74) is 5.57. The Bertz CT molecular complexity index is 788. The van der Waals surface area contributed by atoms with E-state index >= 15 is 0 Å². The number of rotatable bonds is 4. The number of amides is 1. The first-order valence-corrected chi connectivity index (χ1v) is 9.24. The number of hydrogen-bond acceptors (Lipinski definition) is 4. The number of nitrogens with one attached hydrogen (secondary N) is 1. The first kappa shape index (κ1) is 17.0. The summed E-state index contributed by atoms with van der Waals surface area (Å²) in [5.74, 6) is 0.803. The number of aryl methyl sites for hydroxylation is 3. The average molecular weight is 341 g/mol. The van der Waals surface area contributed by atoms with Crippen LogP contribution in [0.5, 0.6) is 0 Å². The predicted octanol–water partition coefficient (Wildman–Crippen LogP) is 4.01. The number of carbonyl (C=O) groups excluding carboxylic acids is 1. The molecule has 0 spiro atoms. The maximum Gasteiger partial charge on any atom is 0.237 e. The zero-order chi connectivity index (χ0) is 17.3. The Morgan fingerprint density at radius 3 is 2.79 bits per heavy atom. The van der Waals surface area contributed by atoms with E-state index in [9.17, 15) is 4.79 Å². The molecule has 4 nitrogen and oxygen atoms in total. The lowest BCUT2D eigenvalue weighted by atomic mass is 10.1. The van der Waals surface area contributed by atoms with Gasteiger partial charge < -0.3 is 5.32 Å². The molecule has 0 saturated carbocycles. The van der Waals surface area contributed by atoms with Crippen LogP contribution >= 0.6 is 11.8 Å². The third-order valence-electron chi connectivity index (χ3n) is 4.53. The summed E-state index contributed by atoms with van der Waals surface area (Å²) in [6.45, 7) is 7.94. The molecule has 126 valence electrons. The second-order valence-corrected chi connectivity index (χ2v) is 7.68. The van der Waals surface area contributed by atoms with E-state index in [-0.39, 0.29) is 11.2 Å². The average Bonchev–Trinajstić information content (AvgIpc) is 3.00. The van der Waals surface area contributed by atoms with Crippen LogP contribution in [0.2, 0.25) is 0 Å². The van der Waals surface area contributed by atoms with E-state index in [0.29, 0.717) is 0 Å². The molecular weight excluding hydrogens is 318 g/mol. The zero-order valence-corrected chi connectivity index (χ0v) is 15.5. The normalized spacial score (nSPS) is 14.3. The molecule has 0 aliphatic heterocycles. The van der Waals surface area contributed by atoms with Crippen molar-refractivity contribution in [2.45, 2.75) is 57.2 Å². The molecule has 24 heavy (non-hydrogen) atoms. The van der Waals surface area contributed by atoms with Gasteiger partial charge in [0.05, 0.1) is 5.25 Å². The summed E-state index contributed by atoms with van der Waals surface area (Å²) in [6.07, 6.45) is 3.17. The van der Waals surface area contributed by atoms with Crippen LogP contribution in [0.1, 0.15) is 41.6 Å². The first-order valence-electron chi connectivity index (χ1n) is 8.36. The summed E-state index contributed by atoms with van der Waals surface area (Å²) in [5, 5.41) is 3.82. The van der Waals surface area contributed by atoms with E-state index < -0.39 is 0 Å². The highest BCUT2D eigenvalue weighted by Crippen LogP contribution is 2.32. The molecule has 5 heteroatoms. The van der Waals surface area contributed by atoms with Gasteiger partial charge in [-0.15, -0.1) is 0 Å². The van der Waals surface area contributed by atoms with Gasteiger partial charge in [-0.1, -0.05) is 23.9 Å². The molecule has 1 atom stereocenters. The first-order chi connectivity index (χ1) is 11.5. The van der Waals surface area contributed by atoms with Crippen LogP contribution in [0.15, 0.2) is 23.2 Å². The standard InChI is InChI=1S/C19H23N3OS/c1-11-7-5-9-16(12(11)2)22-18(23)13(3)24-19-15-8-6-10-17(15)20-14(4)21-19/h5,7,9,13H,6,8,10H2,1-4H3,(H,22,23)/t13-/m0/s1. The minimum absolute atomic E-state index is 0.0108. The van der Waals surface area contributed by atoms with Crippen molar-refractivity contribution in [3.63, 3.8) is 0 Å². The second kappa shape index (κ2) is 6.93. The molecule has 3 rings (SSSR count). The number of thioether (sulfide) groups is 1. The lowest BCUT2D eigenvalue weighted by Crippen LogP contribution is -2.23. The Labute approximate surface area is 147 Å². The fourth-order valence-electron chi connectivity index (χ4n) is 2.96. The summed E-state index contributed by atoms with van der Waals surface area (Å²) in [6, 6.07) is 5.97. The Hall–Kier alpha value is -1.88. The molecule has 1 heterocycles. The van der Waals surface area contributed by atoms with Gasteiger partial charge in [-0.2, -0.15) is 0 Å². The molecule has 0 saturated heterocycles. The van der Waals surface area contributed by atoms with E-state index in [0.717, 1.165) is 47.1 Å². The molecule has 1 amide bonds. The van der Waals surface area contributed by atoms with Crippen molar-refractivity contribution < 1.29 is 4.79 Å². The van der Waals surface area contributed by atoms with Crippen molar-refractivity contribution >= 4 is 23.4 Å². The largest absolute Gasteiger partial charge is 0.325 e. The van der Waals surface area contributed by atoms with Gasteiger partial charge in [0.1, 0.15) is 10.9 Å². The van der Waals surface area contributed by atoms with Gasteiger partial charge >= 0.3 is 0 Å². The number of fused-ring (bicyclic) bond motifs is 1. The number of carbonyl (C=O) groups is 1. The van der Waals surface area contributed by atoms with Gasteiger partial charge in [0.15, 0.2) is 0 Å². The maximum atomic E-state index is 12.6. The molecule has 0 unspecified atom stereocenters. The number of benzene rings is 1. The predicted molar refractivity (Wildman–Crippen MR) is 98.7 cm³/mol. The molecule has 0 fully saturated rings. The number of hydrogen-bond donors (Lipinski definition) is 1. The van der Waals surface area contributed by atoms with Crippen molar-refractivity contribution in [1.29, 1.82) is 0 Å². The Morgan fingerprint density at radius 2 is 2.00 bits per heavy atom. The quantitative estimate of drug-likeness (QED) is 0.674. The highest BCUT2D eigenvalue weighted by atomic mass is 32.2. The van der Waals surface area contributed by atoms with Crippen LogP contribution in [-0.2, 0) is 17.6 Å². The molecule has 1 aromatic carbocycles.